The van der Waals surface area contributed by atoms with Crippen molar-refractivity contribution in [1.82, 2.24) is 14.9 Å². The third-order valence-electron chi connectivity index (χ3n) is 3.59. The van der Waals surface area contributed by atoms with Gasteiger partial charge in [-0.1, -0.05) is 6.42 Å². The van der Waals surface area contributed by atoms with E-state index in [9.17, 15) is 0 Å². The van der Waals surface area contributed by atoms with Crippen LogP contribution in [0, 0.1) is 0 Å². The van der Waals surface area contributed by atoms with Crippen molar-refractivity contribution in [2.75, 3.05) is 43.0 Å². The molecule has 1 unspecified atom stereocenters. The predicted octanol–water partition coefficient (Wildman–Crippen LogP) is 1.39. The minimum absolute atomic E-state index is 0.292. The van der Waals surface area contributed by atoms with Crippen LogP contribution >= 0.6 is 0 Å². The minimum atomic E-state index is 0.292. The van der Waals surface area contributed by atoms with Gasteiger partial charge in [0, 0.05) is 25.7 Å². The number of anilines is 3. The van der Waals surface area contributed by atoms with Gasteiger partial charge in [0.15, 0.2) is 0 Å². The van der Waals surface area contributed by atoms with Gasteiger partial charge in [0.25, 0.3) is 0 Å². The lowest BCUT2D eigenvalue weighted by Gasteiger charge is -2.32. The van der Waals surface area contributed by atoms with Crippen molar-refractivity contribution in [2.24, 2.45) is 0 Å². The Kier molecular flexibility index (Phi) is 4.79. The zero-order valence-electron chi connectivity index (χ0n) is 11.8. The number of piperidine rings is 1. The lowest BCUT2D eigenvalue weighted by Crippen LogP contribution is -2.41. The average molecular weight is 264 g/mol. The highest BCUT2D eigenvalue weighted by atomic mass is 15.2. The van der Waals surface area contributed by atoms with Crippen molar-refractivity contribution in [3.63, 3.8) is 0 Å². The van der Waals surface area contributed by atoms with E-state index in [0.29, 0.717) is 12.0 Å². The van der Waals surface area contributed by atoms with Gasteiger partial charge in [0.1, 0.15) is 11.6 Å². The van der Waals surface area contributed by atoms with Crippen molar-refractivity contribution in [3.05, 3.63) is 6.07 Å². The van der Waals surface area contributed by atoms with E-state index in [1.807, 2.05) is 13.1 Å². The molecule has 6 nitrogen and oxygen atoms in total. The number of aromatic nitrogens is 2. The van der Waals surface area contributed by atoms with E-state index < -0.39 is 0 Å². The molecule has 1 aliphatic heterocycles. The summed E-state index contributed by atoms with van der Waals surface area (Å²) < 4.78 is 0. The molecule has 1 fully saturated rings. The number of rotatable bonds is 5. The standard InChI is InChI=1S/C13H24N6/c1-10(19-6-4-3-5-7-19)9-16-12-8-11(15-2)17-13(14)18-12/h8,10H,3-7,9H2,1-2H3,(H4,14,15,16,17,18). The van der Waals surface area contributed by atoms with Crippen molar-refractivity contribution in [2.45, 2.75) is 32.2 Å². The third kappa shape index (κ3) is 3.96. The number of nitrogens with zero attached hydrogens (tertiary/aromatic N) is 3. The quantitative estimate of drug-likeness (QED) is 0.746. The van der Waals surface area contributed by atoms with E-state index in [0.717, 1.165) is 18.2 Å². The lowest BCUT2D eigenvalue weighted by atomic mass is 10.1. The fourth-order valence-electron chi connectivity index (χ4n) is 2.43. The molecule has 2 rings (SSSR count). The van der Waals surface area contributed by atoms with Crippen LogP contribution in [0.2, 0.25) is 0 Å². The van der Waals surface area contributed by atoms with E-state index in [-0.39, 0.29) is 0 Å². The molecular formula is C13H24N6. The van der Waals surface area contributed by atoms with Gasteiger partial charge in [-0.25, -0.2) is 0 Å². The molecule has 1 aliphatic rings. The summed E-state index contributed by atoms with van der Waals surface area (Å²) >= 11 is 0. The zero-order chi connectivity index (χ0) is 13.7. The molecule has 1 saturated heterocycles. The number of nitrogen functional groups attached to an aromatic ring is 1. The Morgan fingerprint density at radius 1 is 1.26 bits per heavy atom. The van der Waals surface area contributed by atoms with Crippen LogP contribution in [0.3, 0.4) is 0 Å². The molecule has 19 heavy (non-hydrogen) atoms. The van der Waals surface area contributed by atoms with Crippen LogP contribution in [0.4, 0.5) is 17.6 Å². The highest BCUT2D eigenvalue weighted by Crippen LogP contribution is 2.14. The maximum atomic E-state index is 5.67. The first-order valence-corrected chi connectivity index (χ1v) is 6.99. The monoisotopic (exact) mass is 264 g/mol. The molecule has 0 aliphatic carbocycles. The number of likely N-dealkylation sites (tertiary alicyclic amines) is 1. The van der Waals surface area contributed by atoms with Gasteiger partial charge in [-0.2, -0.15) is 9.97 Å². The Bertz CT molecular complexity index is 402. The van der Waals surface area contributed by atoms with Gasteiger partial charge in [0.2, 0.25) is 5.95 Å². The van der Waals surface area contributed by atoms with Gasteiger partial charge in [-0.15, -0.1) is 0 Å². The minimum Gasteiger partial charge on any atom is -0.373 e. The van der Waals surface area contributed by atoms with Crippen LogP contribution < -0.4 is 16.4 Å². The predicted molar refractivity (Wildman–Crippen MR) is 79.4 cm³/mol. The van der Waals surface area contributed by atoms with Crippen LogP contribution in [0.1, 0.15) is 26.2 Å². The second kappa shape index (κ2) is 6.56. The molecule has 0 amide bonds. The molecule has 1 atom stereocenters. The second-order valence-corrected chi connectivity index (χ2v) is 5.07. The molecule has 0 bridgehead atoms. The van der Waals surface area contributed by atoms with Gasteiger partial charge < -0.3 is 16.4 Å². The highest BCUT2D eigenvalue weighted by molar-refractivity contribution is 5.50. The summed E-state index contributed by atoms with van der Waals surface area (Å²) in [6.45, 7) is 5.54. The molecule has 4 N–H and O–H groups in total. The fraction of sp³-hybridized carbons (Fsp3) is 0.692. The lowest BCUT2D eigenvalue weighted by molar-refractivity contribution is 0.180. The molecule has 1 aromatic heterocycles. The number of nitrogens with one attached hydrogen (secondary N) is 2. The first-order valence-electron chi connectivity index (χ1n) is 6.99. The third-order valence-corrected chi connectivity index (χ3v) is 3.59. The van der Waals surface area contributed by atoms with Crippen LogP contribution in [0.15, 0.2) is 6.07 Å². The van der Waals surface area contributed by atoms with Crippen molar-refractivity contribution in [1.29, 1.82) is 0 Å². The molecule has 6 heteroatoms. The van der Waals surface area contributed by atoms with E-state index in [2.05, 4.69) is 32.4 Å². The van der Waals surface area contributed by atoms with E-state index >= 15 is 0 Å². The maximum absolute atomic E-state index is 5.67. The molecular weight excluding hydrogens is 240 g/mol. The average Bonchev–Trinajstić information content (AvgIpc) is 2.45. The molecule has 0 radical (unpaired) electrons. The smallest absolute Gasteiger partial charge is 0.223 e. The Morgan fingerprint density at radius 3 is 2.63 bits per heavy atom. The van der Waals surface area contributed by atoms with Gasteiger partial charge in [-0.05, 0) is 32.9 Å². The van der Waals surface area contributed by atoms with Crippen LogP contribution in [0.25, 0.3) is 0 Å². The number of hydrogen-bond donors (Lipinski definition) is 3. The van der Waals surface area contributed by atoms with E-state index in [1.165, 1.54) is 32.4 Å². The fourth-order valence-corrected chi connectivity index (χ4v) is 2.43. The summed E-state index contributed by atoms with van der Waals surface area (Å²) in [5.41, 5.74) is 5.67. The SMILES string of the molecule is CNc1cc(NCC(C)N2CCCCC2)nc(N)n1. The summed E-state index contributed by atoms with van der Waals surface area (Å²) in [7, 11) is 1.82. The first-order chi connectivity index (χ1) is 9.19. The Morgan fingerprint density at radius 2 is 1.95 bits per heavy atom. The van der Waals surface area contributed by atoms with Crippen LogP contribution in [-0.2, 0) is 0 Å². The topological polar surface area (TPSA) is 79.1 Å². The molecule has 0 saturated carbocycles. The van der Waals surface area contributed by atoms with Gasteiger partial charge >= 0.3 is 0 Å². The van der Waals surface area contributed by atoms with Crippen LogP contribution in [-0.4, -0.2) is 47.6 Å². The van der Waals surface area contributed by atoms with Crippen molar-refractivity contribution < 1.29 is 0 Å². The number of nitrogens with two attached hydrogens (primary N) is 1. The van der Waals surface area contributed by atoms with Crippen molar-refractivity contribution in [3.8, 4) is 0 Å². The Balaban J connectivity index is 1.88. The molecule has 0 spiro atoms. The molecule has 0 aromatic carbocycles. The Hall–Kier alpha value is -1.56. The largest absolute Gasteiger partial charge is 0.373 e. The summed E-state index contributed by atoms with van der Waals surface area (Å²) in [5.74, 6) is 1.81. The van der Waals surface area contributed by atoms with Crippen LogP contribution in [0.5, 0.6) is 0 Å². The van der Waals surface area contributed by atoms with Crippen molar-refractivity contribution >= 4 is 17.6 Å². The Labute approximate surface area is 114 Å². The summed E-state index contributed by atoms with van der Waals surface area (Å²) in [6, 6.07) is 2.38. The molecule has 1 aromatic rings. The zero-order valence-corrected chi connectivity index (χ0v) is 11.8. The summed E-state index contributed by atoms with van der Waals surface area (Å²) in [6.07, 6.45) is 3.99. The van der Waals surface area contributed by atoms with Gasteiger partial charge in [0.05, 0.1) is 0 Å². The van der Waals surface area contributed by atoms with E-state index in [1.54, 1.807) is 0 Å². The number of hydrogen-bond acceptors (Lipinski definition) is 6. The molecule has 2 heterocycles. The first kappa shape index (κ1) is 13.9. The van der Waals surface area contributed by atoms with Gasteiger partial charge in [-0.3, -0.25) is 4.90 Å². The maximum Gasteiger partial charge on any atom is 0.223 e. The normalized spacial score (nSPS) is 18.0. The second-order valence-electron chi connectivity index (χ2n) is 5.07. The van der Waals surface area contributed by atoms with E-state index in [4.69, 9.17) is 5.73 Å². The summed E-state index contributed by atoms with van der Waals surface area (Å²) in [4.78, 5) is 10.8. The summed E-state index contributed by atoms with van der Waals surface area (Å²) in [5, 5.41) is 6.32. The molecule has 106 valence electrons. The highest BCUT2D eigenvalue weighted by Gasteiger charge is 2.16.